The molecule has 0 spiro atoms. The fourth-order valence-electron chi connectivity index (χ4n) is 1.35. The Bertz CT molecular complexity index is 499. The fraction of sp³-hybridized carbons (Fsp3) is 0.182. The molecule has 1 N–H and O–H groups in total. The number of hydrogen-bond donors (Lipinski definition) is 1. The molecule has 0 unspecified atom stereocenters. The zero-order chi connectivity index (χ0) is 11.5. The SMILES string of the molecule is CNc1nc(-c2cccnc2)nc(C)c1Br. The molecular weight excluding hydrogens is 268 g/mol. The number of halogens is 1. The first kappa shape index (κ1) is 11.0. The van der Waals surface area contributed by atoms with Crippen LogP contribution < -0.4 is 5.32 Å². The van der Waals surface area contributed by atoms with Crippen LogP contribution in [0.3, 0.4) is 0 Å². The number of aryl methyl sites for hydroxylation is 1. The molecule has 0 fully saturated rings. The molecule has 2 heterocycles. The van der Waals surface area contributed by atoms with Crippen molar-refractivity contribution in [3.63, 3.8) is 0 Å². The van der Waals surface area contributed by atoms with E-state index in [2.05, 4.69) is 36.2 Å². The number of rotatable bonds is 2. The minimum absolute atomic E-state index is 0.679. The highest BCUT2D eigenvalue weighted by atomic mass is 79.9. The van der Waals surface area contributed by atoms with Gasteiger partial charge in [-0.25, -0.2) is 9.97 Å². The summed E-state index contributed by atoms with van der Waals surface area (Å²) in [5, 5.41) is 3.03. The van der Waals surface area contributed by atoms with E-state index >= 15 is 0 Å². The minimum Gasteiger partial charge on any atom is -0.372 e. The largest absolute Gasteiger partial charge is 0.372 e. The fourth-order valence-corrected chi connectivity index (χ4v) is 1.72. The molecule has 0 radical (unpaired) electrons. The van der Waals surface area contributed by atoms with Crippen molar-refractivity contribution in [3.8, 4) is 11.4 Å². The van der Waals surface area contributed by atoms with Crippen molar-refractivity contribution in [2.75, 3.05) is 12.4 Å². The van der Waals surface area contributed by atoms with Crippen LogP contribution in [0.2, 0.25) is 0 Å². The summed E-state index contributed by atoms with van der Waals surface area (Å²) in [6, 6.07) is 3.81. The van der Waals surface area contributed by atoms with Gasteiger partial charge < -0.3 is 5.32 Å². The molecule has 0 aromatic carbocycles. The predicted molar refractivity (Wildman–Crippen MR) is 67.2 cm³/mol. The molecule has 0 amide bonds. The number of anilines is 1. The molecule has 82 valence electrons. The molecule has 4 nitrogen and oxygen atoms in total. The van der Waals surface area contributed by atoms with E-state index in [0.29, 0.717) is 5.82 Å². The first-order valence-electron chi connectivity index (χ1n) is 4.84. The Kier molecular flexibility index (Phi) is 3.14. The standard InChI is InChI=1S/C11H11BrN4/c1-7-9(12)11(13-2)16-10(15-7)8-4-3-5-14-6-8/h3-6H,1-2H3,(H,13,15,16). The average Bonchev–Trinajstić information content (AvgIpc) is 2.33. The van der Waals surface area contributed by atoms with E-state index in [1.165, 1.54) is 0 Å². The second-order valence-electron chi connectivity index (χ2n) is 3.29. The van der Waals surface area contributed by atoms with Crippen LogP contribution in [0.25, 0.3) is 11.4 Å². The molecule has 5 heteroatoms. The molecule has 0 saturated heterocycles. The lowest BCUT2D eigenvalue weighted by Gasteiger charge is -2.08. The monoisotopic (exact) mass is 278 g/mol. The van der Waals surface area contributed by atoms with Gasteiger partial charge in [0.25, 0.3) is 0 Å². The van der Waals surface area contributed by atoms with Gasteiger partial charge in [0.2, 0.25) is 0 Å². The molecule has 0 bridgehead atoms. The zero-order valence-corrected chi connectivity index (χ0v) is 10.6. The Morgan fingerprint density at radius 3 is 2.75 bits per heavy atom. The summed E-state index contributed by atoms with van der Waals surface area (Å²) in [7, 11) is 1.83. The first-order valence-corrected chi connectivity index (χ1v) is 5.64. The third-order valence-electron chi connectivity index (χ3n) is 2.17. The van der Waals surface area contributed by atoms with E-state index in [9.17, 15) is 0 Å². The van der Waals surface area contributed by atoms with E-state index in [-0.39, 0.29) is 0 Å². The van der Waals surface area contributed by atoms with Crippen LogP contribution in [0.4, 0.5) is 5.82 Å². The van der Waals surface area contributed by atoms with Crippen molar-refractivity contribution in [1.82, 2.24) is 15.0 Å². The van der Waals surface area contributed by atoms with Gasteiger partial charge in [-0.15, -0.1) is 0 Å². The van der Waals surface area contributed by atoms with Crippen molar-refractivity contribution >= 4 is 21.7 Å². The van der Waals surface area contributed by atoms with Crippen LogP contribution in [-0.2, 0) is 0 Å². The Morgan fingerprint density at radius 2 is 2.12 bits per heavy atom. The molecule has 0 atom stereocenters. The summed E-state index contributed by atoms with van der Waals surface area (Å²) in [5.41, 5.74) is 1.81. The minimum atomic E-state index is 0.679. The summed E-state index contributed by atoms with van der Waals surface area (Å²) in [4.78, 5) is 12.9. The van der Waals surface area contributed by atoms with Crippen LogP contribution >= 0.6 is 15.9 Å². The number of hydrogen-bond acceptors (Lipinski definition) is 4. The van der Waals surface area contributed by atoms with Crippen LogP contribution in [0.5, 0.6) is 0 Å². The summed E-state index contributed by atoms with van der Waals surface area (Å²) in [5.74, 6) is 1.46. The normalized spacial score (nSPS) is 10.2. The van der Waals surface area contributed by atoms with Gasteiger partial charge in [0.05, 0.1) is 10.2 Å². The second kappa shape index (κ2) is 4.57. The third-order valence-corrected chi connectivity index (χ3v) is 3.12. The molecule has 0 saturated carbocycles. The topological polar surface area (TPSA) is 50.7 Å². The third kappa shape index (κ3) is 2.04. The summed E-state index contributed by atoms with van der Waals surface area (Å²) in [6.07, 6.45) is 3.48. The first-order chi connectivity index (χ1) is 7.72. The Labute approximate surface area is 102 Å². The highest BCUT2D eigenvalue weighted by Crippen LogP contribution is 2.25. The Balaban J connectivity index is 2.55. The van der Waals surface area contributed by atoms with Crippen molar-refractivity contribution in [2.24, 2.45) is 0 Å². The lowest BCUT2D eigenvalue weighted by atomic mass is 10.2. The number of aromatic nitrogens is 3. The molecule has 0 aliphatic rings. The van der Waals surface area contributed by atoms with E-state index in [4.69, 9.17) is 0 Å². The maximum atomic E-state index is 4.41. The molecular formula is C11H11BrN4. The lowest BCUT2D eigenvalue weighted by Crippen LogP contribution is -2.00. The van der Waals surface area contributed by atoms with Crippen LogP contribution in [0.1, 0.15) is 5.69 Å². The van der Waals surface area contributed by atoms with E-state index < -0.39 is 0 Å². The molecule has 2 aromatic heterocycles. The van der Waals surface area contributed by atoms with Gasteiger partial charge in [0, 0.05) is 25.0 Å². The van der Waals surface area contributed by atoms with E-state index in [1.54, 1.807) is 12.4 Å². The van der Waals surface area contributed by atoms with Gasteiger partial charge in [-0.2, -0.15) is 0 Å². The molecule has 2 aromatic rings. The van der Waals surface area contributed by atoms with Crippen LogP contribution in [0, 0.1) is 6.92 Å². The van der Waals surface area contributed by atoms with Crippen molar-refractivity contribution in [2.45, 2.75) is 6.92 Å². The van der Waals surface area contributed by atoms with Gasteiger partial charge in [-0.1, -0.05) is 0 Å². The number of nitrogens with zero attached hydrogens (tertiary/aromatic N) is 3. The molecule has 2 rings (SSSR count). The Hall–Kier alpha value is -1.49. The quantitative estimate of drug-likeness (QED) is 0.918. The molecule has 0 aliphatic carbocycles. The maximum absolute atomic E-state index is 4.41. The van der Waals surface area contributed by atoms with Crippen LogP contribution in [-0.4, -0.2) is 22.0 Å². The predicted octanol–water partition coefficient (Wildman–Crippen LogP) is 2.65. The zero-order valence-electron chi connectivity index (χ0n) is 9.03. The smallest absolute Gasteiger partial charge is 0.163 e. The Morgan fingerprint density at radius 1 is 1.31 bits per heavy atom. The summed E-state index contributed by atoms with van der Waals surface area (Å²) in [6.45, 7) is 1.94. The van der Waals surface area contributed by atoms with Gasteiger partial charge in [-0.05, 0) is 35.0 Å². The lowest BCUT2D eigenvalue weighted by molar-refractivity contribution is 1.08. The average molecular weight is 279 g/mol. The van der Waals surface area contributed by atoms with Gasteiger partial charge in [0.1, 0.15) is 5.82 Å². The highest BCUT2D eigenvalue weighted by molar-refractivity contribution is 9.10. The number of pyridine rings is 1. The van der Waals surface area contributed by atoms with E-state index in [1.807, 2.05) is 26.1 Å². The van der Waals surface area contributed by atoms with Crippen molar-refractivity contribution < 1.29 is 0 Å². The summed E-state index contributed by atoms with van der Waals surface area (Å²) >= 11 is 3.44. The molecule has 0 aliphatic heterocycles. The number of nitrogens with one attached hydrogen (secondary N) is 1. The second-order valence-corrected chi connectivity index (χ2v) is 4.08. The van der Waals surface area contributed by atoms with Crippen molar-refractivity contribution in [1.29, 1.82) is 0 Å². The van der Waals surface area contributed by atoms with Crippen LogP contribution in [0.15, 0.2) is 29.0 Å². The van der Waals surface area contributed by atoms with Gasteiger partial charge >= 0.3 is 0 Å². The van der Waals surface area contributed by atoms with Crippen molar-refractivity contribution in [3.05, 3.63) is 34.7 Å². The van der Waals surface area contributed by atoms with Gasteiger partial charge in [-0.3, -0.25) is 4.98 Å². The molecule has 16 heavy (non-hydrogen) atoms. The van der Waals surface area contributed by atoms with E-state index in [0.717, 1.165) is 21.5 Å². The highest BCUT2D eigenvalue weighted by Gasteiger charge is 2.09. The summed E-state index contributed by atoms with van der Waals surface area (Å²) < 4.78 is 0.891. The van der Waals surface area contributed by atoms with Gasteiger partial charge in [0.15, 0.2) is 5.82 Å². The maximum Gasteiger partial charge on any atom is 0.163 e.